The predicted molar refractivity (Wildman–Crippen MR) is 151 cm³/mol. The van der Waals surface area contributed by atoms with Gasteiger partial charge in [0.15, 0.2) is 42.7 Å². The third-order valence-corrected chi connectivity index (χ3v) is 13.1. The molecule has 0 aromatic heterocycles. The van der Waals surface area contributed by atoms with E-state index in [4.69, 9.17) is 65.4 Å². The molecule has 0 saturated heterocycles. The predicted octanol–water partition coefficient (Wildman–Crippen LogP) is 4.17. The van der Waals surface area contributed by atoms with E-state index in [2.05, 4.69) is 0 Å². The first-order chi connectivity index (χ1) is 18.2. The molecule has 1 aliphatic rings. The molecule has 38 heavy (non-hydrogen) atoms. The van der Waals surface area contributed by atoms with E-state index in [-0.39, 0.29) is 72.9 Å². The van der Waals surface area contributed by atoms with Crippen LogP contribution in [0.2, 0.25) is 0 Å². The summed E-state index contributed by atoms with van der Waals surface area (Å²) in [5.74, 6) is -0.112. The molecule has 2 aromatic rings. The van der Waals surface area contributed by atoms with Crippen molar-refractivity contribution in [2.45, 2.75) is 21.0 Å². The van der Waals surface area contributed by atoms with Crippen molar-refractivity contribution >= 4 is 66.1 Å². The van der Waals surface area contributed by atoms with Crippen LogP contribution in [0.4, 0.5) is 0 Å². The lowest BCUT2D eigenvalue weighted by atomic mass is 10.3. The Hall–Kier alpha value is -1.30. The maximum Gasteiger partial charge on any atom is 0.165 e. The molecule has 0 spiro atoms. The Morgan fingerprint density at radius 3 is 0.895 bits per heavy atom. The first-order valence-electron chi connectivity index (χ1n) is 11.6. The van der Waals surface area contributed by atoms with E-state index in [9.17, 15) is 16.8 Å². The zero-order valence-corrected chi connectivity index (χ0v) is 24.8. The zero-order chi connectivity index (χ0) is 27.8. The van der Waals surface area contributed by atoms with Gasteiger partial charge >= 0.3 is 0 Å². The highest BCUT2D eigenvalue weighted by Gasteiger charge is 2.37. The maximum absolute atomic E-state index is 13.4. The van der Waals surface area contributed by atoms with Crippen molar-refractivity contribution in [1.82, 2.24) is 0 Å². The van der Waals surface area contributed by atoms with Crippen LogP contribution >= 0.6 is 46.4 Å². The second kappa shape index (κ2) is 14.4. The minimum atomic E-state index is -3.90. The minimum absolute atomic E-state index is 0.217. The number of para-hydroxylation sites is 4. The van der Waals surface area contributed by atoms with Crippen molar-refractivity contribution in [1.29, 1.82) is 0 Å². The minimum Gasteiger partial charge on any atom is -0.488 e. The third-order valence-electron chi connectivity index (χ3n) is 5.94. The highest BCUT2D eigenvalue weighted by atomic mass is 35.5. The summed E-state index contributed by atoms with van der Waals surface area (Å²) in [5.41, 5.74) is 0. The van der Waals surface area contributed by atoms with Crippen molar-refractivity contribution in [2.75, 3.05) is 49.9 Å². The molecule has 0 N–H and O–H groups in total. The third kappa shape index (κ3) is 7.46. The van der Waals surface area contributed by atoms with E-state index in [0.717, 1.165) is 0 Å². The maximum atomic E-state index is 13.4. The van der Waals surface area contributed by atoms with Gasteiger partial charge in [0.2, 0.25) is 0 Å². The fraction of sp³-hybridized carbons (Fsp3) is 0.500. The molecule has 212 valence electrons. The molecule has 4 atom stereocenters. The molecule has 0 amide bonds. The van der Waals surface area contributed by atoms with Crippen LogP contribution in [0.3, 0.4) is 0 Å². The van der Waals surface area contributed by atoms with Gasteiger partial charge < -0.3 is 18.9 Å². The quantitative estimate of drug-likeness (QED) is 0.455. The van der Waals surface area contributed by atoms with E-state index in [1.807, 2.05) is 0 Å². The Kier molecular flexibility index (Phi) is 11.8. The van der Waals surface area contributed by atoms with E-state index in [1.165, 1.54) is 0 Å². The lowest BCUT2D eigenvalue weighted by molar-refractivity contribution is 0.260. The fourth-order valence-corrected chi connectivity index (χ4v) is 8.85. The van der Waals surface area contributed by atoms with Crippen LogP contribution < -0.4 is 18.9 Å². The van der Waals surface area contributed by atoms with Crippen LogP contribution in [0.15, 0.2) is 48.5 Å². The van der Waals surface area contributed by atoms with Gasteiger partial charge in [-0.25, -0.2) is 16.8 Å². The SMILES string of the molecule is O=S1(=O)C(CCl)COc2ccccc2OCC(CCl)S(=O)(=O)C(CCl)COc2ccccc2OCC1CCl. The lowest BCUT2D eigenvalue weighted by Gasteiger charge is -2.25. The Morgan fingerprint density at radius 1 is 0.500 bits per heavy atom. The Balaban J connectivity index is 2.01. The lowest BCUT2D eigenvalue weighted by Crippen LogP contribution is -2.42. The molecule has 8 nitrogen and oxygen atoms in total. The van der Waals surface area contributed by atoms with Gasteiger partial charge in [-0.15, -0.1) is 46.4 Å². The standard InChI is InChI=1S/C24H28Cl4O8S2/c25-9-17-13-33-21-5-1-2-6-22(21)34-14-18(10-26)38(31,32)20(12-28)16-36-24-8-4-3-7-23(24)35-15-19(11-27)37(17,29)30/h1-8,17-20H,9-16H2. The van der Waals surface area contributed by atoms with Crippen LogP contribution in [0.1, 0.15) is 0 Å². The number of sulfone groups is 2. The number of fused-ring (bicyclic) bond motifs is 2. The Labute approximate surface area is 243 Å². The van der Waals surface area contributed by atoms with Crippen molar-refractivity contribution in [3.63, 3.8) is 0 Å². The van der Waals surface area contributed by atoms with Crippen molar-refractivity contribution in [2.24, 2.45) is 0 Å². The van der Waals surface area contributed by atoms with Crippen LogP contribution in [-0.4, -0.2) is 87.8 Å². The molecular weight excluding hydrogens is 622 g/mol. The second-order valence-corrected chi connectivity index (χ2v) is 14.7. The highest BCUT2D eigenvalue weighted by Crippen LogP contribution is 2.31. The molecule has 0 bridgehead atoms. The summed E-state index contributed by atoms with van der Waals surface area (Å²) < 4.78 is 76.6. The number of alkyl halides is 4. The van der Waals surface area contributed by atoms with E-state index >= 15 is 0 Å². The van der Waals surface area contributed by atoms with Gasteiger partial charge in [-0.3, -0.25) is 0 Å². The van der Waals surface area contributed by atoms with Gasteiger partial charge in [-0.05, 0) is 24.3 Å². The van der Waals surface area contributed by atoms with Crippen LogP contribution in [0.25, 0.3) is 0 Å². The molecule has 1 heterocycles. The summed E-state index contributed by atoms with van der Waals surface area (Å²) in [6, 6.07) is 13.0. The number of rotatable bonds is 4. The average molecular weight is 650 g/mol. The number of hydrogen-bond acceptors (Lipinski definition) is 8. The first kappa shape index (κ1) is 31.2. The molecular formula is C24H28Cl4O8S2. The van der Waals surface area contributed by atoms with Crippen LogP contribution in [0, 0.1) is 0 Å². The van der Waals surface area contributed by atoms with Crippen LogP contribution in [-0.2, 0) is 19.7 Å². The summed E-state index contributed by atoms with van der Waals surface area (Å²) in [6.45, 7) is -1.15. The van der Waals surface area contributed by atoms with Crippen LogP contribution in [0.5, 0.6) is 23.0 Å². The molecule has 0 fully saturated rings. The van der Waals surface area contributed by atoms with E-state index in [1.54, 1.807) is 48.5 Å². The number of hydrogen-bond donors (Lipinski definition) is 0. The summed E-state index contributed by atoms with van der Waals surface area (Å²) in [7, 11) is -7.80. The summed E-state index contributed by atoms with van der Waals surface area (Å²) >= 11 is 24.2. The smallest absolute Gasteiger partial charge is 0.165 e. The zero-order valence-electron chi connectivity index (χ0n) is 20.2. The fourth-order valence-electron chi connectivity index (χ4n) is 3.56. The van der Waals surface area contributed by atoms with Crippen molar-refractivity contribution < 1.29 is 35.8 Å². The van der Waals surface area contributed by atoms with Gasteiger partial charge in [0.1, 0.15) is 47.4 Å². The average Bonchev–Trinajstić information content (AvgIpc) is 2.90. The van der Waals surface area contributed by atoms with Gasteiger partial charge in [0.25, 0.3) is 0 Å². The largest absolute Gasteiger partial charge is 0.488 e. The molecule has 14 heteroatoms. The molecule has 1 aliphatic heterocycles. The van der Waals surface area contributed by atoms with Crippen molar-refractivity contribution in [3.8, 4) is 23.0 Å². The molecule has 0 saturated carbocycles. The highest BCUT2D eigenvalue weighted by molar-refractivity contribution is 7.93. The monoisotopic (exact) mass is 648 g/mol. The second-order valence-electron chi connectivity index (χ2n) is 8.42. The van der Waals surface area contributed by atoms with Crippen molar-refractivity contribution in [3.05, 3.63) is 48.5 Å². The van der Waals surface area contributed by atoms with E-state index in [0.29, 0.717) is 0 Å². The normalized spacial score (nSPS) is 26.0. The van der Waals surface area contributed by atoms with E-state index < -0.39 is 40.7 Å². The summed E-state index contributed by atoms with van der Waals surface area (Å²) in [5, 5.41) is -4.41. The first-order valence-corrected chi connectivity index (χ1v) is 16.9. The topological polar surface area (TPSA) is 105 Å². The number of ether oxygens (including phenoxy) is 4. The number of benzene rings is 2. The Morgan fingerprint density at radius 2 is 0.711 bits per heavy atom. The number of halogens is 4. The van der Waals surface area contributed by atoms with Gasteiger partial charge in [0, 0.05) is 23.5 Å². The Bertz CT molecular complexity index is 1080. The van der Waals surface area contributed by atoms with Gasteiger partial charge in [0.05, 0.1) is 0 Å². The summed E-state index contributed by atoms with van der Waals surface area (Å²) in [4.78, 5) is 0. The molecule has 3 rings (SSSR count). The summed E-state index contributed by atoms with van der Waals surface area (Å²) in [6.07, 6.45) is 0. The molecule has 4 unspecified atom stereocenters. The molecule has 0 aliphatic carbocycles. The van der Waals surface area contributed by atoms with Gasteiger partial charge in [-0.2, -0.15) is 0 Å². The van der Waals surface area contributed by atoms with Gasteiger partial charge in [-0.1, -0.05) is 24.3 Å². The molecule has 0 radical (unpaired) electrons. The molecule has 2 aromatic carbocycles.